The average molecular weight is 408 g/mol. The highest BCUT2D eigenvalue weighted by Gasteiger charge is 2.20. The summed E-state index contributed by atoms with van der Waals surface area (Å²) in [6, 6.07) is 12.3. The van der Waals surface area contributed by atoms with E-state index >= 15 is 0 Å². The summed E-state index contributed by atoms with van der Waals surface area (Å²) in [4.78, 5) is 18.7. The summed E-state index contributed by atoms with van der Waals surface area (Å²) in [5, 5.41) is 9.58. The van der Waals surface area contributed by atoms with Crippen LogP contribution in [0.4, 0.5) is 0 Å². The minimum absolute atomic E-state index is 0.177. The van der Waals surface area contributed by atoms with Crippen molar-refractivity contribution in [1.29, 1.82) is 0 Å². The zero-order valence-electron chi connectivity index (χ0n) is 16.6. The number of likely N-dealkylation sites (tertiary alicyclic amines) is 1. The van der Waals surface area contributed by atoms with E-state index in [1.165, 1.54) is 23.7 Å². The third-order valence-corrected chi connectivity index (χ3v) is 6.12. The van der Waals surface area contributed by atoms with Crippen LogP contribution < -0.4 is 0 Å². The standard InChI is InChI=1S/C22H25N5OS/c1-2-17-6-8-19(9-7-17)27-21(18-10-12-23-13-11-18)24-25-22(27)29-16-20(28)26-14-4-3-5-15-26/h6-13H,2-5,14-16H2,1H3. The number of rotatable bonds is 6. The molecule has 0 N–H and O–H groups in total. The largest absolute Gasteiger partial charge is 0.342 e. The van der Waals surface area contributed by atoms with Gasteiger partial charge in [-0.3, -0.25) is 14.3 Å². The van der Waals surface area contributed by atoms with Crippen LogP contribution in [0.3, 0.4) is 0 Å². The van der Waals surface area contributed by atoms with Crippen LogP contribution in [0.15, 0.2) is 53.9 Å². The number of carbonyl (C=O) groups is 1. The van der Waals surface area contributed by atoms with Crippen LogP contribution in [0.2, 0.25) is 0 Å². The number of carbonyl (C=O) groups excluding carboxylic acids is 1. The second-order valence-corrected chi connectivity index (χ2v) is 8.07. The summed E-state index contributed by atoms with van der Waals surface area (Å²) in [7, 11) is 0. The van der Waals surface area contributed by atoms with E-state index in [4.69, 9.17) is 0 Å². The van der Waals surface area contributed by atoms with Crippen molar-refractivity contribution in [2.45, 2.75) is 37.8 Å². The molecule has 1 aliphatic rings. The Bertz CT molecular complexity index is 949. The van der Waals surface area contributed by atoms with E-state index in [9.17, 15) is 4.79 Å². The van der Waals surface area contributed by atoms with Gasteiger partial charge in [0.05, 0.1) is 5.75 Å². The van der Waals surface area contributed by atoms with Crippen LogP contribution in [0.25, 0.3) is 17.1 Å². The van der Waals surface area contributed by atoms with Crippen LogP contribution in [-0.4, -0.2) is 49.4 Å². The van der Waals surface area contributed by atoms with Gasteiger partial charge in [-0.1, -0.05) is 30.8 Å². The maximum Gasteiger partial charge on any atom is 0.233 e. The predicted octanol–water partition coefficient (Wildman–Crippen LogP) is 4.00. The lowest BCUT2D eigenvalue weighted by Gasteiger charge is -2.26. The first-order valence-electron chi connectivity index (χ1n) is 10.1. The molecule has 0 spiro atoms. The molecule has 0 unspecified atom stereocenters. The third-order valence-electron chi connectivity index (χ3n) is 5.21. The van der Waals surface area contributed by atoms with Gasteiger partial charge in [0, 0.05) is 36.7 Å². The van der Waals surface area contributed by atoms with Gasteiger partial charge >= 0.3 is 0 Å². The topological polar surface area (TPSA) is 63.9 Å². The SMILES string of the molecule is CCc1ccc(-n2c(SCC(=O)N3CCCCC3)nnc2-c2ccncc2)cc1. The monoisotopic (exact) mass is 407 g/mol. The Morgan fingerprint density at radius 1 is 1.00 bits per heavy atom. The normalized spacial score (nSPS) is 14.2. The number of amides is 1. The van der Waals surface area contributed by atoms with Crippen molar-refractivity contribution in [3.8, 4) is 17.1 Å². The molecular weight excluding hydrogens is 382 g/mol. The molecule has 29 heavy (non-hydrogen) atoms. The summed E-state index contributed by atoms with van der Waals surface area (Å²) in [5.74, 6) is 1.31. The Morgan fingerprint density at radius 2 is 1.72 bits per heavy atom. The molecule has 1 amide bonds. The summed E-state index contributed by atoms with van der Waals surface area (Å²) in [6.07, 6.45) is 7.91. The van der Waals surface area contributed by atoms with Gasteiger partial charge in [0.25, 0.3) is 0 Å². The fourth-order valence-corrected chi connectivity index (χ4v) is 4.38. The number of nitrogens with zero attached hydrogens (tertiary/aromatic N) is 5. The summed E-state index contributed by atoms with van der Waals surface area (Å²) < 4.78 is 2.03. The molecule has 1 aromatic carbocycles. The molecule has 1 aliphatic heterocycles. The Kier molecular flexibility index (Phi) is 6.24. The summed E-state index contributed by atoms with van der Waals surface area (Å²) in [6.45, 7) is 3.88. The van der Waals surface area contributed by atoms with Gasteiger partial charge in [-0.15, -0.1) is 10.2 Å². The molecule has 0 atom stereocenters. The molecule has 3 aromatic rings. The number of hydrogen-bond acceptors (Lipinski definition) is 5. The van der Waals surface area contributed by atoms with Gasteiger partial charge in [0.2, 0.25) is 5.91 Å². The van der Waals surface area contributed by atoms with Crippen molar-refractivity contribution in [3.05, 3.63) is 54.4 Å². The van der Waals surface area contributed by atoms with Gasteiger partial charge in [0.1, 0.15) is 0 Å². The second-order valence-electron chi connectivity index (χ2n) is 7.13. The molecule has 0 aliphatic carbocycles. The maximum atomic E-state index is 12.6. The van der Waals surface area contributed by atoms with E-state index in [1.54, 1.807) is 12.4 Å². The fraction of sp³-hybridized carbons (Fsp3) is 0.364. The smallest absolute Gasteiger partial charge is 0.233 e. The number of aromatic nitrogens is 4. The van der Waals surface area contributed by atoms with Gasteiger partial charge in [-0.2, -0.15) is 0 Å². The number of hydrogen-bond donors (Lipinski definition) is 0. The lowest BCUT2D eigenvalue weighted by atomic mass is 10.1. The molecular formula is C22H25N5OS. The number of thioether (sulfide) groups is 1. The van der Waals surface area contributed by atoms with Gasteiger partial charge < -0.3 is 4.90 Å². The van der Waals surface area contributed by atoms with E-state index in [0.29, 0.717) is 5.75 Å². The van der Waals surface area contributed by atoms with E-state index in [2.05, 4.69) is 46.4 Å². The molecule has 0 saturated carbocycles. The Hall–Kier alpha value is -2.67. The second kappa shape index (κ2) is 9.22. The quantitative estimate of drug-likeness (QED) is 0.578. The van der Waals surface area contributed by atoms with Crippen molar-refractivity contribution in [2.75, 3.05) is 18.8 Å². The molecule has 6 nitrogen and oxygen atoms in total. The summed E-state index contributed by atoms with van der Waals surface area (Å²) >= 11 is 1.45. The molecule has 1 fully saturated rings. The first kappa shape index (κ1) is 19.6. The molecule has 0 bridgehead atoms. The highest BCUT2D eigenvalue weighted by atomic mass is 32.2. The Labute approximate surface area is 175 Å². The predicted molar refractivity (Wildman–Crippen MR) is 115 cm³/mol. The summed E-state index contributed by atoms with van der Waals surface area (Å²) in [5.41, 5.74) is 3.22. The minimum atomic E-state index is 0.177. The molecule has 4 rings (SSSR count). The van der Waals surface area contributed by atoms with E-state index in [-0.39, 0.29) is 5.91 Å². The van der Waals surface area contributed by atoms with Crippen LogP contribution in [-0.2, 0) is 11.2 Å². The maximum absolute atomic E-state index is 12.6. The molecule has 0 radical (unpaired) electrons. The molecule has 2 aromatic heterocycles. The zero-order chi connectivity index (χ0) is 20.1. The highest BCUT2D eigenvalue weighted by Crippen LogP contribution is 2.28. The number of piperidine rings is 1. The molecule has 1 saturated heterocycles. The molecule has 7 heteroatoms. The number of pyridine rings is 1. The fourth-order valence-electron chi connectivity index (χ4n) is 3.53. The van der Waals surface area contributed by atoms with Gasteiger partial charge in [-0.25, -0.2) is 0 Å². The average Bonchev–Trinajstić information content (AvgIpc) is 3.22. The van der Waals surface area contributed by atoms with Crippen molar-refractivity contribution in [2.24, 2.45) is 0 Å². The van der Waals surface area contributed by atoms with E-state index in [1.807, 2.05) is 21.6 Å². The van der Waals surface area contributed by atoms with Crippen molar-refractivity contribution >= 4 is 17.7 Å². The highest BCUT2D eigenvalue weighted by molar-refractivity contribution is 7.99. The molecule has 3 heterocycles. The lowest BCUT2D eigenvalue weighted by molar-refractivity contribution is -0.129. The Morgan fingerprint density at radius 3 is 2.41 bits per heavy atom. The van der Waals surface area contributed by atoms with Crippen LogP contribution >= 0.6 is 11.8 Å². The van der Waals surface area contributed by atoms with Crippen LogP contribution in [0.5, 0.6) is 0 Å². The zero-order valence-corrected chi connectivity index (χ0v) is 17.4. The van der Waals surface area contributed by atoms with Crippen molar-refractivity contribution in [1.82, 2.24) is 24.6 Å². The third kappa shape index (κ3) is 4.50. The van der Waals surface area contributed by atoms with Gasteiger partial charge in [0.15, 0.2) is 11.0 Å². The number of benzene rings is 1. The number of aryl methyl sites for hydroxylation is 1. The molecule has 150 valence electrons. The van der Waals surface area contributed by atoms with Crippen molar-refractivity contribution < 1.29 is 4.79 Å². The minimum Gasteiger partial charge on any atom is -0.342 e. The van der Waals surface area contributed by atoms with Crippen LogP contribution in [0.1, 0.15) is 31.7 Å². The lowest BCUT2D eigenvalue weighted by Crippen LogP contribution is -2.36. The van der Waals surface area contributed by atoms with E-state index < -0.39 is 0 Å². The van der Waals surface area contributed by atoms with E-state index in [0.717, 1.165) is 54.6 Å². The Balaban J connectivity index is 1.62. The first-order chi connectivity index (χ1) is 14.3. The van der Waals surface area contributed by atoms with Crippen LogP contribution in [0, 0.1) is 0 Å². The first-order valence-corrected chi connectivity index (χ1v) is 11.1. The van der Waals surface area contributed by atoms with Crippen molar-refractivity contribution in [3.63, 3.8) is 0 Å². The van der Waals surface area contributed by atoms with Gasteiger partial charge in [-0.05, 0) is 55.5 Å².